The maximum absolute atomic E-state index is 13.7. The van der Waals surface area contributed by atoms with Crippen LogP contribution in [0.2, 0.25) is 0 Å². The number of rotatable bonds is 3. The van der Waals surface area contributed by atoms with Crippen molar-refractivity contribution in [2.75, 3.05) is 0 Å². The van der Waals surface area contributed by atoms with E-state index in [0.29, 0.717) is 11.1 Å². The van der Waals surface area contributed by atoms with Crippen molar-refractivity contribution < 1.29 is 52.5 Å². The molecule has 0 amide bonds. The van der Waals surface area contributed by atoms with Crippen LogP contribution in [0.5, 0.6) is 0 Å². The molecule has 15 heteroatoms. The molecular formula is C17H13F9O3S3. The third kappa shape index (κ3) is 8.75. The van der Waals surface area contributed by atoms with E-state index in [1.54, 1.807) is 19.9 Å². The van der Waals surface area contributed by atoms with Crippen molar-refractivity contribution in [3.05, 3.63) is 53.6 Å². The van der Waals surface area contributed by atoms with Gasteiger partial charge in [0, 0.05) is 0 Å². The summed E-state index contributed by atoms with van der Waals surface area (Å²) in [6.45, 7) is 3.19. The second-order valence-electron chi connectivity index (χ2n) is 5.97. The molecule has 0 aliphatic heterocycles. The molecule has 1 unspecified atom stereocenters. The standard InChI is InChI=1S/C16H13F6S2.CHF3O3S/c1-10-4-3-5-12(8-10)24(16(20,21)22)14-7-6-11(2)9-13(14)23-15(17,18)19;2-1(3,4)8(5,6)7/h3-9H,1-2H3;(H,5,6,7)/q+1;/p-1. The predicted octanol–water partition coefficient (Wildman–Crippen LogP) is 6.52. The third-order valence-electron chi connectivity index (χ3n) is 3.28. The van der Waals surface area contributed by atoms with Crippen molar-refractivity contribution in [2.24, 2.45) is 0 Å². The lowest BCUT2D eigenvalue weighted by molar-refractivity contribution is -0.0518. The van der Waals surface area contributed by atoms with Crippen LogP contribution in [0.25, 0.3) is 0 Å². The van der Waals surface area contributed by atoms with Gasteiger partial charge in [0.15, 0.2) is 30.8 Å². The number of benzene rings is 2. The van der Waals surface area contributed by atoms with Gasteiger partial charge in [-0.1, -0.05) is 18.2 Å². The van der Waals surface area contributed by atoms with Crippen LogP contribution in [0.3, 0.4) is 0 Å². The molecule has 0 aliphatic rings. The van der Waals surface area contributed by atoms with Crippen LogP contribution in [0.1, 0.15) is 11.1 Å². The fourth-order valence-corrected chi connectivity index (χ4v) is 4.91. The number of thioether (sulfide) groups is 1. The van der Waals surface area contributed by atoms with E-state index >= 15 is 0 Å². The van der Waals surface area contributed by atoms with Crippen LogP contribution in [-0.2, 0) is 21.0 Å². The average molecular weight is 532 g/mol. The summed E-state index contributed by atoms with van der Waals surface area (Å²) < 4.78 is 138. The van der Waals surface area contributed by atoms with Crippen LogP contribution < -0.4 is 0 Å². The van der Waals surface area contributed by atoms with Gasteiger partial charge in [-0.2, -0.15) is 26.3 Å². The summed E-state index contributed by atoms with van der Waals surface area (Å²) in [4.78, 5) is -0.818. The highest BCUT2D eigenvalue weighted by Crippen LogP contribution is 2.46. The Bertz CT molecular complexity index is 1030. The second kappa shape index (κ2) is 10.1. The van der Waals surface area contributed by atoms with Crippen LogP contribution >= 0.6 is 11.8 Å². The fourth-order valence-electron chi connectivity index (χ4n) is 2.12. The minimum atomic E-state index is -6.09. The van der Waals surface area contributed by atoms with Gasteiger partial charge in [0.2, 0.25) is 0 Å². The Balaban J connectivity index is 0.000000547. The van der Waals surface area contributed by atoms with E-state index in [1.165, 1.54) is 24.3 Å². The normalized spacial score (nSPS) is 13.9. The lowest BCUT2D eigenvalue weighted by atomic mass is 10.2. The van der Waals surface area contributed by atoms with E-state index in [1.807, 2.05) is 0 Å². The van der Waals surface area contributed by atoms with Crippen molar-refractivity contribution in [3.8, 4) is 0 Å². The van der Waals surface area contributed by atoms with Gasteiger partial charge in [-0.25, -0.2) is 8.42 Å². The molecule has 2 aromatic carbocycles. The molecule has 0 radical (unpaired) electrons. The summed E-state index contributed by atoms with van der Waals surface area (Å²) in [6.07, 6.45) is 0. The zero-order valence-corrected chi connectivity index (χ0v) is 18.3. The number of alkyl halides is 9. The predicted molar refractivity (Wildman–Crippen MR) is 100.0 cm³/mol. The second-order valence-corrected chi connectivity index (χ2v) is 10.4. The van der Waals surface area contributed by atoms with Crippen LogP contribution in [0.15, 0.2) is 57.2 Å². The molecule has 2 rings (SSSR count). The minimum absolute atomic E-state index is 0.0459. The fraction of sp³-hybridized carbons (Fsp3) is 0.294. The van der Waals surface area contributed by atoms with Crippen LogP contribution in [0.4, 0.5) is 39.5 Å². The van der Waals surface area contributed by atoms with E-state index in [2.05, 4.69) is 0 Å². The Morgan fingerprint density at radius 2 is 1.34 bits per heavy atom. The SMILES string of the molecule is Cc1cccc([S+](c2ccc(C)cc2SC(F)(F)F)C(F)(F)F)c1.O=S(=O)([O-])C(F)(F)F. The maximum Gasteiger partial charge on any atom is 0.586 e. The van der Waals surface area contributed by atoms with Crippen LogP contribution in [-0.4, -0.2) is 29.5 Å². The molecule has 0 saturated heterocycles. The Labute approximate surface area is 184 Å². The molecule has 32 heavy (non-hydrogen) atoms. The largest absolute Gasteiger partial charge is 0.741 e. The first-order chi connectivity index (χ1) is 14.2. The third-order valence-corrected chi connectivity index (χ3v) is 6.75. The molecule has 0 N–H and O–H groups in total. The van der Waals surface area contributed by atoms with Gasteiger partial charge in [-0.05, 0) is 61.0 Å². The van der Waals surface area contributed by atoms with E-state index in [9.17, 15) is 39.5 Å². The van der Waals surface area contributed by atoms with E-state index in [-0.39, 0.29) is 9.79 Å². The minimum Gasteiger partial charge on any atom is -0.741 e. The molecule has 0 heterocycles. The first kappa shape index (κ1) is 28.5. The van der Waals surface area contributed by atoms with Gasteiger partial charge in [0.05, 0.1) is 4.90 Å². The lowest BCUT2D eigenvalue weighted by Gasteiger charge is -2.15. The topological polar surface area (TPSA) is 57.2 Å². The van der Waals surface area contributed by atoms with E-state index in [0.717, 1.165) is 12.1 Å². The molecule has 0 fully saturated rings. The van der Waals surface area contributed by atoms with Crippen molar-refractivity contribution >= 4 is 32.8 Å². The van der Waals surface area contributed by atoms with E-state index in [4.69, 9.17) is 13.0 Å². The summed E-state index contributed by atoms with van der Waals surface area (Å²) in [5, 5.41) is 0. The molecule has 0 aliphatic carbocycles. The summed E-state index contributed by atoms with van der Waals surface area (Å²) in [7, 11) is -8.54. The highest BCUT2D eigenvalue weighted by molar-refractivity contribution is 8.02. The van der Waals surface area contributed by atoms with Gasteiger partial charge >= 0.3 is 16.5 Å². The summed E-state index contributed by atoms with van der Waals surface area (Å²) in [6, 6.07) is 9.46. The van der Waals surface area contributed by atoms with Gasteiger partial charge in [-0.3, -0.25) is 0 Å². The zero-order chi connectivity index (χ0) is 25.1. The Kier molecular flexibility index (Phi) is 9.01. The number of hydrogen-bond donors (Lipinski definition) is 0. The van der Waals surface area contributed by atoms with Crippen molar-refractivity contribution in [3.63, 3.8) is 0 Å². The highest BCUT2D eigenvalue weighted by Gasteiger charge is 2.56. The Morgan fingerprint density at radius 3 is 1.75 bits per heavy atom. The lowest BCUT2D eigenvalue weighted by Crippen LogP contribution is -2.25. The molecule has 0 saturated carbocycles. The Morgan fingerprint density at radius 1 is 0.844 bits per heavy atom. The summed E-state index contributed by atoms with van der Waals surface area (Å²) >= 11 is -0.508. The van der Waals surface area contributed by atoms with Crippen molar-refractivity contribution in [1.82, 2.24) is 0 Å². The summed E-state index contributed by atoms with van der Waals surface area (Å²) in [5.74, 6) is 0. The molecule has 0 bridgehead atoms. The molecule has 1 atom stereocenters. The molecule has 2 aromatic rings. The number of aryl methyl sites for hydroxylation is 2. The van der Waals surface area contributed by atoms with Gasteiger partial charge in [0.1, 0.15) is 0 Å². The first-order valence-corrected chi connectivity index (χ1v) is 11.4. The summed E-state index contributed by atoms with van der Waals surface area (Å²) in [5.41, 5.74) is -13.9. The molecule has 0 spiro atoms. The van der Waals surface area contributed by atoms with E-state index < -0.39 is 54.2 Å². The number of halogens is 9. The van der Waals surface area contributed by atoms with Crippen molar-refractivity contribution in [2.45, 2.75) is 45.1 Å². The van der Waals surface area contributed by atoms with Gasteiger partial charge in [0.25, 0.3) is 0 Å². The first-order valence-electron chi connectivity index (χ1n) is 7.98. The average Bonchev–Trinajstić information content (AvgIpc) is 2.53. The monoisotopic (exact) mass is 532 g/mol. The van der Waals surface area contributed by atoms with Crippen molar-refractivity contribution in [1.29, 1.82) is 0 Å². The smallest absolute Gasteiger partial charge is 0.586 e. The van der Waals surface area contributed by atoms with Gasteiger partial charge in [-0.15, -0.1) is 13.2 Å². The zero-order valence-electron chi connectivity index (χ0n) is 15.9. The quantitative estimate of drug-likeness (QED) is 0.148. The number of hydrogen-bond acceptors (Lipinski definition) is 4. The molecule has 0 aromatic heterocycles. The maximum atomic E-state index is 13.7. The van der Waals surface area contributed by atoms with Gasteiger partial charge < -0.3 is 4.55 Å². The highest BCUT2D eigenvalue weighted by atomic mass is 32.2. The molecule has 3 nitrogen and oxygen atoms in total. The molecular weight excluding hydrogens is 519 g/mol. The van der Waals surface area contributed by atoms with Crippen LogP contribution in [0, 0.1) is 13.8 Å². The Hall–Kier alpha value is -1.58. The molecule has 180 valence electrons.